The number of amides is 1. The monoisotopic (exact) mass is 346 g/mol. The van der Waals surface area contributed by atoms with Gasteiger partial charge in [-0.2, -0.15) is 0 Å². The molecule has 1 aromatic rings. The van der Waals surface area contributed by atoms with Gasteiger partial charge in [-0.1, -0.05) is 0 Å². The Bertz CT molecular complexity index is 573. The lowest BCUT2D eigenvalue weighted by Crippen LogP contribution is -2.39. The summed E-state index contributed by atoms with van der Waals surface area (Å²) in [6.45, 7) is 0. The lowest BCUT2D eigenvalue weighted by molar-refractivity contribution is -0.117. The Morgan fingerprint density at radius 1 is 1.26 bits per heavy atom. The van der Waals surface area contributed by atoms with Crippen LogP contribution in [0, 0.1) is 17.6 Å². The van der Waals surface area contributed by atoms with E-state index in [2.05, 4.69) is 10.6 Å². The van der Waals surface area contributed by atoms with E-state index < -0.39 is 11.6 Å². The third-order valence-electron chi connectivity index (χ3n) is 4.56. The first-order chi connectivity index (χ1) is 10.5. The molecule has 2 aliphatic heterocycles. The van der Waals surface area contributed by atoms with Crippen molar-refractivity contribution in [1.82, 2.24) is 5.32 Å². The maximum Gasteiger partial charge on any atom is 0.224 e. The van der Waals surface area contributed by atoms with Crippen molar-refractivity contribution >= 4 is 24.0 Å². The number of carbonyl (C=O) groups is 1. The van der Waals surface area contributed by atoms with Crippen molar-refractivity contribution < 1.29 is 18.3 Å². The van der Waals surface area contributed by atoms with Gasteiger partial charge in [-0.05, 0) is 31.6 Å². The van der Waals surface area contributed by atoms with Crippen LogP contribution in [0.1, 0.15) is 32.1 Å². The van der Waals surface area contributed by atoms with Gasteiger partial charge >= 0.3 is 0 Å². The molecule has 2 atom stereocenters. The van der Waals surface area contributed by atoms with Crippen LogP contribution in [0.25, 0.3) is 0 Å². The van der Waals surface area contributed by atoms with E-state index in [1.807, 2.05) is 0 Å². The summed E-state index contributed by atoms with van der Waals surface area (Å²) >= 11 is 0. The van der Waals surface area contributed by atoms with E-state index in [9.17, 15) is 13.6 Å². The molecule has 23 heavy (non-hydrogen) atoms. The predicted molar refractivity (Wildman–Crippen MR) is 86.1 cm³/mol. The maximum absolute atomic E-state index is 13.8. The van der Waals surface area contributed by atoms with Crippen molar-refractivity contribution in [2.24, 2.45) is 5.92 Å². The molecule has 7 heteroatoms. The average molecular weight is 347 g/mol. The first kappa shape index (κ1) is 17.9. The summed E-state index contributed by atoms with van der Waals surface area (Å²) in [5, 5.41) is 5.99. The number of nitrogens with one attached hydrogen (secondary N) is 2. The molecule has 0 spiro atoms. The molecule has 0 aliphatic carbocycles. The zero-order chi connectivity index (χ0) is 15.7. The van der Waals surface area contributed by atoms with Crippen molar-refractivity contribution in [2.75, 3.05) is 12.4 Å². The van der Waals surface area contributed by atoms with E-state index in [0.717, 1.165) is 25.0 Å². The van der Waals surface area contributed by atoms with Crippen LogP contribution < -0.4 is 15.4 Å². The van der Waals surface area contributed by atoms with Crippen LogP contribution in [-0.4, -0.2) is 25.1 Å². The van der Waals surface area contributed by atoms with Gasteiger partial charge in [0.25, 0.3) is 0 Å². The molecule has 1 aromatic carbocycles. The van der Waals surface area contributed by atoms with Gasteiger partial charge in [0.05, 0.1) is 12.8 Å². The van der Waals surface area contributed by atoms with E-state index in [1.165, 1.54) is 20.0 Å². The Morgan fingerprint density at radius 2 is 1.91 bits per heavy atom. The van der Waals surface area contributed by atoms with Crippen LogP contribution in [0.5, 0.6) is 5.75 Å². The van der Waals surface area contributed by atoms with Gasteiger partial charge in [-0.3, -0.25) is 4.79 Å². The Balaban J connectivity index is 0.00000192. The molecule has 0 radical (unpaired) electrons. The number of piperidine rings is 1. The third-order valence-corrected chi connectivity index (χ3v) is 4.56. The van der Waals surface area contributed by atoms with Crippen molar-refractivity contribution in [1.29, 1.82) is 0 Å². The van der Waals surface area contributed by atoms with Crippen LogP contribution in [-0.2, 0) is 4.79 Å². The van der Waals surface area contributed by atoms with Crippen molar-refractivity contribution in [2.45, 2.75) is 44.2 Å². The number of fused-ring (bicyclic) bond motifs is 2. The molecule has 2 heterocycles. The second-order valence-electron chi connectivity index (χ2n) is 6.19. The number of rotatable bonds is 4. The van der Waals surface area contributed by atoms with Gasteiger partial charge in [0.1, 0.15) is 0 Å². The summed E-state index contributed by atoms with van der Waals surface area (Å²) < 4.78 is 32.1. The van der Waals surface area contributed by atoms with E-state index in [4.69, 9.17) is 4.74 Å². The number of hydrogen-bond acceptors (Lipinski definition) is 3. The molecule has 2 fully saturated rings. The van der Waals surface area contributed by atoms with E-state index >= 15 is 0 Å². The molecule has 2 N–H and O–H groups in total. The van der Waals surface area contributed by atoms with Crippen LogP contribution in [0.3, 0.4) is 0 Å². The van der Waals surface area contributed by atoms with Crippen LogP contribution in [0.4, 0.5) is 14.5 Å². The molecule has 2 saturated heterocycles. The molecule has 2 aliphatic rings. The third kappa shape index (κ3) is 4.12. The van der Waals surface area contributed by atoms with Gasteiger partial charge in [0.15, 0.2) is 17.4 Å². The minimum Gasteiger partial charge on any atom is -0.494 e. The highest BCUT2D eigenvalue weighted by Crippen LogP contribution is 2.33. The first-order valence-corrected chi connectivity index (χ1v) is 7.64. The number of anilines is 1. The molecule has 1 amide bonds. The number of benzene rings is 1. The second kappa shape index (κ2) is 7.45. The van der Waals surface area contributed by atoms with Crippen LogP contribution >= 0.6 is 12.4 Å². The summed E-state index contributed by atoms with van der Waals surface area (Å²) in [6.07, 6.45) is 4.64. The smallest absolute Gasteiger partial charge is 0.224 e. The standard InChI is InChI=1S/C16H20F2N2O2.ClH/c1-22-15-8-12(17)14(7-13(15)18)20-16(21)6-9-4-10-2-3-11(5-9)19-10;/h7-11,19H,2-6H2,1H3,(H,20,21);1H. The Kier molecular flexibility index (Phi) is 5.81. The number of carbonyl (C=O) groups excluding carboxylic acids is 1. The normalized spacial score (nSPS) is 25.6. The van der Waals surface area contributed by atoms with Gasteiger partial charge in [0, 0.05) is 30.6 Å². The molecule has 3 rings (SSSR count). The molecule has 0 aromatic heterocycles. The molecule has 2 unspecified atom stereocenters. The fraction of sp³-hybridized carbons (Fsp3) is 0.562. The Hall–Kier alpha value is -1.40. The van der Waals surface area contributed by atoms with E-state index in [0.29, 0.717) is 24.4 Å². The Labute approximate surface area is 140 Å². The van der Waals surface area contributed by atoms with Gasteiger partial charge in [-0.25, -0.2) is 8.78 Å². The zero-order valence-corrected chi connectivity index (χ0v) is 13.7. The van der Waals surface area contributed by atoms with Crippen LogP contribution in [0.15, 0.2) is 12.1 Å². The number of halogens is 3. The quantitative estimate of drug-likeness (QED) is 0.880. The fourth-order valence-corrected chi connectivity index (χ4v) is 3.59. The average Bonchev–Trinajstić information content (AvgIpc) is 2.81. The van der Waals surface area contributed by atoms with Crippen molar-refractivity contribution in [3.05, 3.63) is 23.8 Å². The fourth-order valence-electron chi connectivity index (χ4n) is 3.59. The molecular formula is C16H21ClF2N2O2. The highest BCUT2D eigenvalue weighted by Gasteiger charge is 2.34. The molecular weight excluding hydrogens is 326 g/mol. The van der Waals surface area contributed by atoms with Crippen molar-refractivity contribution in [3.63, 3.8) is 0 Å². The maximum atomic E-state index is 13.8. The highest BCUT2D eigenvalue weighted by molar-refractivity contribution is 5.91. The van der Waals surface area contributed by atoms with Crippen molar-refractivity contribution in [3.8, 4) is 5.75 Å². The molecule has 0 saturated carbocycles. The Morgan fingerprint density at radius 3 is 2.52 bits per heavy atom. The van der Waals surface area contributed by atoms with Gasteiger partial charge in [-0.15, -0.1) is 12.4 Å². The summed E-state index contributed by atoms with van der Waals surface area (Å²) in [5.41, 5.74) is -0.139. The second-order valence-corrected chi connectivity index (χ2v) is 6.19. The molecule has 128 valence electrons. The predicted octanol–water partition coefficient (Wildman–Crippen LogP) is 3.25. The summed E-state index contributed by atoms with van der Waals surface area (Å²) in [6, 6.07) is 2.91. The topological polar surface area (TPSA) is 50.4 Å². The number of methoxy groups -OCH3 is 1. The SMILES string of the molecule is COc1cc(F)c(NC(=O)CC2CC3CCC(C2)N3)cc1F.Cl. The first-order valence-electron chi connectivity index (χ1n) is 7.64. The van der Waals surface area contributed by atoms with E-state index in [-0.39, 0.29) is 29.8 Å². The zero-order valence-electron chi connectivity index (χ0n) is 12.9. The van der Waals surface area contributed by atoms with Crippen LogP contribution in [0.2, 0.25) is 0 Å². The van der Waals surface area contributed by atoms with Gasteiger partial charge < -0.3 is 15.4 Å². The highest BCUT2D eigenvalue weighted by atomic mass is 35.5. The molecule has 2 bridgehead atoms. The van der Waals surface area contributed by atoms with Gasteiger partial charge in [0.2, 0.25) is 5.91 Å². The largest absolute Gasteiger partial charge is 0.494 e. The lowest BCUT2D eigenvalue weighted by Gasteiger charge is -2.28. The number of ether oxygens (including phenoxy) is 1. The lowest BCUT2D eigenvalue weighted by atomic mass is 9.89. The summed E-state index contributed by atoms with van der Waals surface area (Å²) in [7, 11) is 1.27. The summed E-state index contributed by atoms with van der Waals surface area (Å²) in [5.74, 6) is -1.53. The minimum atomic E-state index is -0.697. The number of hydrogen-bond donors (Lipinski definition) is 2. The van der Waals surface area contributed by atoms with E-state index in [1.54, 1.807) is 0 Å². The molecule has 4 nitrogen and oxygen atoms in total. The minimum absolute atomic E-state index is 0. The summed E-state index contributed by atoms with van der Waals surface area (Å²) in [4.78, 5) is 12.1.